The molecule has 1 N–H and O–H groups in total. The minimum atomic E-state index is 0.153. The lowest BCUT2D eigenvalue weighted by Gasteiger charge is -2.41. The molecule has 27 heavy (non-hydrogen) atoms. The summed E-state index contributed by atoms with van der Waals surface area (Å²) < 4.78 is 5.37. The number of benzene rings is 1. The molecule has 0 spiro atoms. The average Bonchev–Trinajstić information content (AvgIpc) is 3.15. The van der Waals surface area contributed by atoms with E-state index in [1.165, 1.54) is 29.1 Å². The fraction of sp³-hybridized carbons (Fsp3) is 0.429. The van der Waals surface area contributed by atoms with Crippen LogP contribution in [0, 0.1) is 5.92 Å². The van der Waals surface area contributed by atoms with Crippen molar-refractivity contribution in [2.24, 2.45) is 5.92 Å². The van der Waals surface area contributed by atoms with Crippen LogP contribution in [0.3, 0.4) is 0 Å². The highest BCUT2D eigenvalue weighted by Gasteiger charge is 2.33. The van der Waals surface area contributed by atoms with Crippen LogP contribution in [0.2, 0.25) is 0 Å². The first-order valence-corrected chi connectivity index (χ1v) is 10.4. The lowest BCUT2D eigenvalue weighted by molar-refractivity contribution is 0.119. The molecule has 0 amide bonds. The average molecular weight is 383 g/mol. The van der Waals surface area contributed by atoms with E-state index in [1.807, 2.05) is 18.0 Å². The van der Waals surface area contributed by atoms with Crippen molar-refractivity contribution in [3.8, 4) is 0 Å². The molecule has 2 heterocycles. The number of hydrogen-bond acceptors (Lipinski definition) is 5. The Balaban J connectivity index is 1.29. The Morgan fingerprint density at radius 1 is 1.22 bits per heavy atom. The number of rotatable bonds is 7. The third-order valence-electron chi connectivity index (χ3n) is 5.61. The van der Waals surface area contributed by atoms with Crippen molar-refractivity contribution in [3.63, 3.8) is 0 Å². The molecule has 1 unspecified atom stereocenters. The van der Waals surface area contributed by atoms with E-state index in [1.54, 1.807) is 13.4 Å². The molecule has 1 aliphatic carbocycles. The second-order valence-corrected chi connectivity index (χ2v) is 8.39. The number of aromatic amines is 1. The third-order valence-corrected chi connectivity index (χ3v) is 6.86. The summed E-state index contributed by atoms with van der Waals surface area (Å²) in [6.45, 7) is 2.08. The van der Waals surface area contributed by atoms with Crippen LogP contribution in [-0.4, -0.2) is 40.9 Å². The number of thioether (sulfide) groups is 1. The summed E-state index contributed by atoms with van der Waals surface area (Å²) in [6, 6.07) is 11.4. The summed E-state index contributed by atoms with van der Waals surface area (Å²) in [4.78, 5) is 15.6. The highest BCUT2D eigenvalue weighted by Crippen LogP contribution is 2.38. The van der Waals surface area contributed by atoms with Crippen molar-refractivity contribution in [1.29, 1.82) is 0 Å². The van der Waals surface area contributed by atoms with E-state index in [2.05, 4.69) is 64.2 Å². The van der Waals surface area contributed by atoms with Crippen LogP contribution in [0.4, 0.5) is 5.82 Å². The molecule has 142 valence electrons. The molecule has 1 atom stereocenters. The molecule has 4 rings (SSSR count). The maximum atomic E-state index is 5.37. The van der Waals surface area contributed by atoms with Gasteiger partial charge in [-0.2, -0.15) is 0 Å². The number of hydrogen-bond donors (Lipinski definition) is 1. The van der Waals surface area contributed by atoms with Crippen molar-refractivity contribution < 1.29 is 4.74 Å². The van der Waals surface area contributed by atoms with Crippen LogP contribution in [0.15, 0.2) is 47.8 Å². The normalized spacial score (nSPS) is 20.4. The Bertz CT molecular complexity index is 889. The Morgan fingerprint density at radius 3 is 2.74 bits per heavy atom. The van der Waals surface area contributed by atoms with Gasteiger partial charge in [-0.1, -0.05) is 12.1 Å². The van der Waals surface area contributed by atoms with Crippen molar-refractivity contribution in [1.82, 2.24) is 15.0 Å². The van der Waals surface area contributed by atoms with Gasteiger partial charge in [0.2, 0.25) is 0 Å². The summed E-state index contributed by atoms with van der Waals surface area (Å²) >= 11 is 1.96. The molecule has 6 heteroatoms. The Hall–Kier alpha value is -2.05. The molecular weight excluding hydrogens is 356 g/mol. The lowest BCUT2D eigenvalue weighted by Crippen LogP contribution is -2.43. The second kappa shape index (κ2) is 7.90. The van der Waals surface area contributed by atoms with Crippen LogP contribution in [0.25, 0.3) is 11.0 Å². The summed E-state index contributed by atoms with van der Waals surface area (Å²) in [6.07, 6.45) is 6.16. The first-order valence-electron chi connectivity index (χ1n) is 9.42. The highest BCUT2D eigenvalue weighted by atomic mass is 32.2. The first-order chi connectivity index (χ1) is 13.2. The van der Waals surface area contributed by atoms with Gasteiger partial charge < -0.3 is 14.6 Å². The van der Waals surface area contributed by atoms with Crippen LogP contribution in [-0.2, 0) is 4.74 Å². The van der Waals surface area contributed by atoms with Gasteiger partial charge in [0.1, 0.15) is 17.8 Å². The summed E-state index contributed by atoms with van der Waals surface area (Å²) in [7, 11) is 3.90. The van der Waals surface area contributed by atoms with E-state index < -0.39 is 0 Å². The maximum absolute atomic E-state index is 5.37. The monoisotopic (exact) mass is 382 g/mol. The van der Waals surface area contributed by atoms with E-state index in [-0.39, 0.29) is 6.10 Å². The predicted molar refractivity (Wildman–Crippen MR) is 111 cm³/mol. The molecule has 5 nitrogen and oxygen atoms in total. The topological polar surface area (TPSA) is 54.0 Å². The fourth-order valence-corrected chi connectivity index (χ4v) is 4.68. The molecule has 1 aromatic carbocycles. The molecule has 0 aliphatic heterocycles. The molecule has 0 bridgehead atoms. The number of H-pyrrole nitrogens is 1. The molecule has 3 aromatic rings. The van der Waals surface area contributed by atoms with E-state index >= 15 is 0 Å². The van der Waals surface area contributed by atoms with E-state index in [9.17, 15) is 0 Å². The van der Waals surface area contributed by atoms with E-state index in [4.69, 9.17) is 4.74 Å². The van der Waals surface area contributed by atoms with Gasteiger partial charge >= 0.3 is 0 Å². The predicted octanol–water partition coefficient (Wildman–Crippen LogP) is 4.67. The zero-order valence-electron chi connectivity index (χ0n) is 16.1. The van der Waals surface area contributed by atoms with Gasteiger partial charge in [0.25, 0.3) is 0 Å². The van der Waals surface area contributed by atoms with Crippen molar-refractivity contribution in [2.45, 2.75) is 36.8 Å². The minimum Gasteiger partial charge on any atom is -0.377 e. The minimum absolute atomic E-state index is 0.153. The second-order valence-electron chi connectivity index (χ2n) is 7.30. The molecule has 0 saturated heterocycles. The zero-order valence-corrected chi connectivity index (χ0v) is 16.9. The Kier molecular flexibility index (Phi) is 5.36. The van der Waals surface area contributed by atoms with E-state index in [0.29, 0.717) is 6.04 Å². The summed E-state index contributed by atoms with van der Waals surface area (Å²) in [5, 5.41) is 1.10. The van der Waals surface area contributed by atoms with Crippen molar-refractivity contribution in [3.05, 3.63) is 48.4 Å². The third kappa shape index (κ3) is 3.82. The van der Waals surface area contributed by atoms with Crippen LogP contribution < -0.4 is 4.90 Å². The maximum Gasteiger partial charge on any atom is 0.142 e. The lowest BCUT2D eigenvalue weighted by atomic mass is 9.81. The zero-order chi connectivity index (χ0) is 18.8. The Labute approximate surface area is 164 Å². The quantitative estimate of drug-likeness (QED) is 0.602. The number of nitrogens with one attached hydrogen (secondary N) is 1. The molecular formula is C21H26N4OS. The molecule has 0 radical (unpaired) electrons. The van der Waals surface area contributed by atoms with Gasteiger partial charge in [0.15, 0.2) is 0 Å². The van der Waals surface area contributed by atoms with Gasteiger partial charge in [0, 0.05) is 37.0 Å². The molecule has 1 fully saturated rings. The summed E-state index contributed by atoms with van der Waals surface area (Å²) in [5.74, 6) is 2.97. The van der Waals surface area contributed by atoms with Crippen molar-refractivity contribution in [2.75, 3.05) is 24.8 Å². The number of anilines is 1. The fourth-order valence-electron chi connectivity index (χ4n) is 3.65. The van der Waals surface area contributed by atoms with Crippen molar-refractivity contribution >= 4 is 28.6 Å². The van der Waals surface area contributed by atoms with Gasteiger partial charge in [-0.15, -0.1) is 11.8 Å². The van der Waals surface area contributed by atoms with Crippen LogP contribution in [0.1, 0.15) is 31.4 Å². The van der Waals surface area contributed by atoms with Crippen LogP contribution >= 0.6 is 11.8 Å². The smallest absolute Gasteiger partial charge is 0.142 e. The van der Waals surface area contributed by atoms with Gasteiger partial charge in [-0.3, -0.25) is 0 Å². The standard InChI is InChI=1S/C21H26N4OS/c1-14(26-3)16-4-6-18(7-5-16)27-12-15-10-17(11-15)25(2)21-19-8-9-22-20(19)23-13-24-21/h4-9,13-15,17H,10-12H2,1-3H3,(H,22,23,24). The van der Waals surface area contributed by atoms with Gasteiger partial charge in [-0.05, 0) is 49.4 Å². The summed E-state index contributed by atoms with van der Waals surface area (Å²) in [5.41, 5.74) is 2.14. The number of ether oxygens (including phenoxy) is 1. The molecule has 1 saturated carbocycles. The number of fused-ring (bicyclic) bond motifs is 1. The Morgan fingerprint density at radius 2 is 2.00 bits per heavy atom. The van der Waals surface area contributed by atoms with Gasteiger partial charge in [0.05, 0.1) is 11.5 Å². The molecule has 1 aliphatic rings. The van der Waals surface area contributed by atoms with E-state index in [0.717, 1.165) is 22.8 Å². The first kappa shape index (κ1) is 18.3. The number of aromatic nitrogens is 3. The highest BCUT2D eigenvalue weighted by molar-refractivity contribution is 7.99. The molecule has 2 aromatic heterocycles. The largest absolute Gasteiger partial charge is 0.377 e. The number of methoxy groups -OCH3 is 1. The number of nitrogens with zero attached hydrogens (tertiary/aromatic N) is 3. The van der Waals surface area contributed by atoms with Crippen LogP contribution in [0.5, 0.6) is 0 Å². The SMILES string of the molecule is COC(C)c1ccc(SCC2CC(N(C)c3ncnc4[nH]ccc34)C2)cc1. The van der Waals surface area contributed by atoms with Gasteiger partial charge in [-0.25, -0.2) is 9.97 Å².